The molecule has 0 fully saturated rings. The van der Waals surface area contributed by atoms with E-state index in [9.17, 15) is 9.90 Å². The number of aromatic nitrogens is 1. The summed E-state index contributed by atoms with van der Waals surface area (Å²) in [7, 11) is 1.83. The first-order chi connectivity index (χ1) is 7.95. The summed E-state index contributed by atoms with van der Waals surface area (Å²) in [6.45, 7) is 5.81. The molecule has 1 heterocycles. The third-order valence-corrected chi connectivity index (χ3v) is 3.05. The zero-order valence-electron chi connectivity index (χ0n) is 10.8. The maximum atomic E-state index is 11.3. The van der Waals surface area contributed by atoms with E-state index < -0.39 is 12.0 Å². The second-order valence-corrected chi connectivity index (χ2v) is 4.62. The lowest BCUT2D eigenvalue weighted by molar-refractivity contribution is -0.145. The van der Waals surface area contributed by atoms with Crippen LogP contribution in [0.25, 0.3) is 0 Å². The number of pyridine rings is 1. The standard InChI is InChI=1S/C13H20N2O2/c1-9(2)12(13(16)17)15(4)10(3)11-7-5-6-8-14-11/h5-10,12H,1-4H3,(H,16,17). The molecule has 94 valence electrons. The Morgan fingerprint density at radius 2 is 2.00 bits per heavy atom. The molecule has 0 bridgehead atoms. The minimum atomic E-state index is -0.787. The third-order valence-electron chi connectivity index (χ3n) is 3.05. The van der Waals surface area contributed by atoms with Gasteiger partial charge in [0, 0.05) is 12.2 Å². The molecule has 17 heavy (non-hydrogen) atoms. The Hall–Kier alpha value is -1.42. The van der Waals surface area contributed by atoms with Crippen LogP contribution in [0.2, 0.25) is 0 Å². The number of hydrogen-bond donors (Lipinski definition) is 1. The molecule has 2 atom stereocenters. The van der Waals surface area contributed by atoms with Crippen LogP contribution in [-0.4, -0.2) is 34.0 Å². The van der Waals surface area contributed by atoms with Gasteiger partial charge in [-0.3, -0.25) is 14.7 Å². The van der Waals surface area contributed by atoms with Gasteiger partial charge in [0.15, 0.2) is 0 Å². The SMILES string of the molecule is CC(C)C(C(=O)O)N(C)C(C)c1ccccn1. The number of carbonyl (C=O) groups is 1. The Bertz CT molecular complexity index is 365. The predicted octanol–water partition coefficient (Wildman–Crippen LogP) is 2.18. The van der Waals surface area contributed by atoms with Crippen LogP contribution < -0.4 is 0 Å². The highest BCUT2D eigenvalue weighted by Crippen LogP contribution is 2.22. The van der Waals surface area contributed by atoms with Crippen molar-refractivity contribution in [3.8, 4) is 0 Å². The molecule has 4 heteroatoms. The molecular formula is C13H20N2O2. The van der Waals surface area contributed by atoms with Crippen molar-refractivity contribution in [1.82, 2.24) is 9.88 Å². The zero-order chi connectivity index (χ0) is 13.0. The Morgan fingerprint density at radius 1 is 1.35 bits per heavy atom. The molecule has 0 radical (unpaired) electrons. The Morgan fingerprint density at radius 3 is 2.41 bits per heavy atom. The highest BCUT2D eigenvalue weighted by atomic mass is 16.4. The second-order valence-electron chi connectivity index (χ2n) is 4.62. The summed E-state index contributed by atoms with van der Waals surface area (Å²) in [4.78, 5) is 17.4. The molecule has 1 N–H and O–H groups in total. The van der Waals surface area contributed by atoms with Crippen LogP contribution in [0.3, 0.4) is 0 Å². The van der Waals surface area contributed by atoms with Crippen molar-refractivity contribution in [2.24, 2.45) is 5.92 Å². The summed E-state index contributed by atoms with van der Waals surface area (Å²) in [6.07, 6.45) is 1.73. The lowest BCUT2D eigenvalue weighted by Crippen LogP contribution is -2.43. The van der Waals surface area contributed by atoms with Crippen LogP contribution in [-0.2, 0) is 4.79 Å². The highest BCUT2D eigenvalue weighted by molar-refractivity contribution is 5.73. The summed E-state index contributed by atoms with van der Waals surface area (Å²) in [6, 6.07) is 5.18. The maximum absolute atomic E-state index is 11.3. The first-order valence-corrected chi connectivity index (χ1v) is 5.80. The van der Waals surface area contributed by atoms with Gasteiger partial charge in [0.25, 0.3) is 0 Å². The number of aliphatic carboxylic acids is 1. The number of nitrogens with zero attached hydrogens (tertiary/aromatic N) is 2. The molecule has 1 aromatic heterocycles. The summed E-state index contributed by atoms with van der Waals surface area (Å²) in [5.74, 6) is -0.728. The molecule has 0 aromatic carbocycles. The first-order valence-electron chi connectivity index (χ1n) is 5.80. The van der Waals surface area contributed by atoms with E-state index in [1.165, 1.54) is 0 Å². The maximum Gasteiger partial charge on any atom is 0.321 e. The monoisotopic (exact) mass is 236 g/mol. The number of likely N-dealkylation sites (N-methyl/N-ethyl adjacent to an activating group) is 1. The van der Waals surface area contributed by atoms with E-state index in [0.717, 1.165) is 5.69 Å². The minimum Gasteiger partial charge on any atom is -0.480 e. The smallest absolute Gasteiger partial charge is 0.321 e. The van der Waals surface area contributed by atoms with E-state index in [1.54, 1.807) is 6.20 Å². The van der Waals surface area contributed by atoms with Gasteiger partial charge in [-0.1, -0.05) is 19.9 Å². The van der Waals surface area contributed by atoms with E-state index in [4.69, 9.17) is 0 Å². The molecule has 0 aliphatic rings. The molecule has 2 unspecified atom stereocenters. The molecule has 1 aromatic rings. The van der Waals surface area contributed by atoms with E-state index in [0.29, 0.717) is 0 Å². The van der Waals surface area contributed by atoms with Crippen LogP contribution in [0.15, 0.2) is 24.4 Å². The van der Waals surface area contributed by atoms with Crippen molar-refractivity contribution in [2.75, 3.05) is 7.05 Å². The lowest BCUT2D eigenvalue weighted by Gasteiger charge is -2.32. The molecule has 0 saturated heterocycles. The van der Waals surface area contributed by atoms with Crippen LogP contribution in [0.5, 0.6) is 0 Å². The number of rotatable bonds is 5. The van der Waals surface area contributed by atoms with Gasteiger partial charge in [-0.2, -0.15) is 0 Å². The normalized spacial score (nSPS) is 14.9. The molecule has 0 aliphatic carbocycles. The van der Waals surface area contributed by atoms with E-state index in [-0.39, 0.29) is 12.0 Å². The topological polar surface area (TPSA) is 53.4 Å². The van der Waals surface area contributed by atoms with E-state index in [1.807, 2.05) is 50.9 Å². The number of carboxylic acids is 1. The lowest BCUT2D eigenvalue weighted by atomic mass is 10.0. The molecule has 0 amide bonds. The predicted molar refractivity (Wildman–Crippen MR) is 66.7 cm³/mol. The van der Waals surface area contributed by atoms with Gasteiger partial charge in [0.05, 0.1) is 5.69 Å². The number of carboxylic acid groups (broad SMARTS) is 1. The fourth-order valence-electron chi connectivity index (χ4n) is 2.00. The molecule has 0 aliphatic heterocycles. The molecule has 0 saturated carbocycles. The summed E-state index contributed by atoms with van der Waals surface area (Å²) in [5.41, 5.74) is 0.891. The highest BCUT2D eigenvalue weighted by Gasteiger charge is 2.29. The molecule has 0 spiro atoms. The van der Waals surface area contributed by atoms with Gasteiger partial charge in [-0.15, -0.1) is 0 Å². The van der Waals surface area contributed by atoms with Crippen LogP contribution in [0, 0.1) is 5.92 Å². The fraction of sp³-hybridized carbons (Fsp3) is 0.538. The van der Waals surface area contributed by atoms with Crippen molar-refractivity contribution < 1.29 is 9.90 Å². The summed E-state index contributed by atoms with van der Waals surface area (Å²) < 4.78 is 0. The largest absolute Gasteiger partial charge is 0.480 e. The zero-order valence-corrected chi connectivity index (χ0v) is 10.8. The quantitative estimate of drug-likeness (QED) is 0.851. The number of hydrogen-bond acceptors (Lipinski definition) is 3. The van der Waals surface area contributed by atoms with E-state index >= 15 is 0 Å². The average molecular weight is 236 g/mol. The third kappa shape index (κ3) is 3.27. The van der Waals surface area contributed by atoms with Gasteiger partial charge < -0.3 is 5.11 Å². The van der Waals surface area contributed by atoms with Crippen LogP contribution in [0.1, 0.15) is 32.5 Å². The Balaban J connectivity index is 2.88. The minimum absolute atomic E-state index is 0.0142. The van der Waals surface area contributed by atoms with Crippen molar-refractivity contribution in [3.05, 3.63) is 30.1 Å². The van der Waals surface area contributed by atoms with Crippen molar-refractivity contribution in [2.45, 2.75) is 32.9 Å². The van der Waals surface area contributed by atoms with Gasteiger partial charge in [-0.25, -0.2) is 0 Å². The summed E-state index contributed by atoms with van der Waals surface area (Å²) in [5, 5.41) is 9.25. The first kappa shape index (κ1) is 13.6. The van der Waals surface area contributed by atoms with Gasteiger partial charge in [-0.05, 0) is 32.0 Å². The fourth-order valence-corrected chi connectivity index (χ4v) is 2.00. The van der Waals surface area contributed by atoms with Gasteiger partial charge >= 0.3 is 5.97 Å². The van der Waals surface area contributed by atoms with Crippen molar-refractivity contribution >= 4 is 5.97 Å². The van der Waals surface area contributed by atoms with Crippen molar-refractivity contribution in [1.29, 1.82) is 0 Å². The van der Waals surface area contributed by atoms with Crippen LogP contribution >= 0.6 is 0 Å². The second kappa shape index (κ2) is 5.77. The Labute approximate surface area is 102 Å². The molecular weight excluding hydrogens is 216 g/mol. The average Bonchev–Trinajstić information content (AvgIpc) is 2.28. The molecule has 1 rings (SSSR count). The van der Waals surface area contributed by atoms with E-state index in [2.05, 4.69) is 4.98 Å². The van der Waals surface area contributed by atoms with Gasteiger partial charge in [0.1, 0.15) is 6.04 Å². The van der Waals surface area contributed by atoms with Gasteiger partial charge in [0.2, 0.25) is 0 Å². The molecule has 4 nitrogen and oxygen atoms in total. The van der Waals surface area contributed by atoms with Crippen LogP contribution in [0.4, 0.5) is 0 Å². The summed E-state index contributed by atoms with van der Waals surface area (Å²) >= 11 is 0. The Kier molecular flexibility index (Phi) is 4.63. The van der Waals surface area contributed by atoms with Crippen molar-refractivity contribution in [3.63, 3.8) is 0 Å².